The summed E-state index contributed by atoms with van der Waals surface area (Å²) in [5, 5.41) is 11.6. The molecule has 64 valence electrons. The van der Waals surface area contributed by atoms with E-state index in [0.29, 0.717) is 13.0 Å². The minimum Gasteiger partial charge on any atom is -0.480 e. The van der Waals surface area contributed by atoms with Crippen molar-refractivity contribution in [2.45, 2.75) is 18.5 Å². The van der Waals surface area contributed by atoms with E-state index >= 15 is 0 Å². The minimum atomic E-state index is -0.809. The zero-order valence-corrected chi connectivity index (χ0v) is 6.40. The molecule has 2 heterocycles. The molecule has 0 radical (unpaired) electrons. The van der Waals surface area contributed by atoms with Crippen molar-refractivity contribution < 1.29 is 9.90 Å². The number of carboxylic acids is 1. The van der Waals surface area contributed by atoms with Crippen LogP contribution in [0.2, 0.25) is 0 Å². The van der Waals surface area contributed by atoms with Crippen LogP contribution in [-0.2, 0) is 4.79 Å². The molecule has 0 amide bonds. The summed E-state index contributed by atoms with van der Waals surface area (Å²) in [5.41, 5.74) is 0.951. The van der Waals surface area contributed by atoms with Crippen molar-refractivity contribution >= 4 is 18.0 Å². The second kappa shape index (κ2) is 2.67. The van der Waals surface area contributed by atoms with E-state index < -0.39 is 12.0 Å². The van der Waals surface area contributed by atoms with Crippen LogP contribution in [0.25, 0.3) is 0 Å². The van der Waals surface area contributed by atoms with Crippen LogP contribution < -0.4 is 5.32 Å². The van der Waals surface area contributed by atoms with Gasteiger partial charge in [-0.1, -0.05) is 0 Å². The molecule has 0 bridgehead atoms. The second-order valence-electron chi connectivity index (χ2n) is 2.91. The third kappa shape index (κ3) is 1.12. The summed E-state index contributed by atoms with van der Waals surface area (Å²) < 4.78 is 0. The quantitative estimate of drug-likeness (QED) is 0.541. The highest BCUT2D eigenvalue weighted by molar-refractivity contribution is 6.01. The molecule has 0 aromatic rings. The van der Waals surface area contributed by atoms with Crippen molar-refractivity contribution in [1.29, 1.82) is 0 Å². The van der Waals surface area contributed by atoms with Crippen LogP contribution in [0.4, 0.5) is 0 Å². The summed E-state index contributed by atoms with van der Waals surface area (Å²) in [5.74, 6) is -0.809. The number of rotatable bonds is 1. The summed E-state index contributed by atoms with van der Waals surface area (Å²) >= 11 is 0. The Morgan fingerprint density at radius 2 is 2.58 bits per heavy atom. The number of carbonyl (C=O) groups is 1. The topological polar surface area (TPSA) is 74.0 Å². The first-order valence-corrected chi connectivity index (χ1v) is 3.82. The maximum atomic E-state index is 10.6. The van der Waals surface area contributed by atoms with Crippen molar-refractivity contribution in [3.63, 3.8) is 0 Å². The van der Waals surface area contributed by atoms with Gasteiger partial charge in [-0.3, -0.25) is 15.1 Å². The highest BCUT2D eigenvalue weighted by atomic mass is 16.4. The fourth-order valence-corrected chi connectivity index (χ4v) is 1.44. The number of nitrogens with one attached hydrogen (secondary N) is 1. The van der Waals surface area contributed by atoms with Crippen LogP contribution in [0.1, 0.15) is 6.42 Å². The van der Waals surface area contributed by atoms with Gasteiger partial charge in [0.15, 0.2) is 0 Å². The largest absolute Gasteiger partial charge is 0.480 e. The molecule has 2 N–H and O–H groups in total. The van der Waals surface area contributed by atoms with Gasteiger partial charge in [-0.15, -0.1) is 0 Å². The Balaban J connectivity index is 2.07. The van der Waals surface area contributed by atoms with Crippen molar-refractivity contribution in [1.82, 2.24) is 5.32 Å². The number of nitrogens with zero attached hydrogens (tertiary/aromatic N) is 2. The number of piperidine rings is 1. The lowest BCUT2D eigenvalue weighted by Gasteiger charge is -2.24. The lowest BCUT2D eigenvalue weighted by molar-refractivity contribution is -0.139. The molecule has 2 unspecified atom stereocenters. The van der Waals surface area contributed by atoms with Crippen LogP contribution in [-0.4, -0.2) is 41.8 Å². The van der Waals surface area contributed by atoms with Gasteiger partial charge < -0.3 is 5.11 Å². The summed E-state index contributed by atoms with van der Waals surface area (Å²) in [6, 6.07) is -0.462. The molecule has 5 nitrogen and oxygen atoms in total. The molecule has 12 heavy (non-hydrogen) atoms. The molecule has 5 heteroatoms. The monoisotopic (exact) mass is 167 g/mol. The van der Waals surface area contributed by atoms with Gasteiger partial charge >= 0.3 is 5.97 Å². The average Bonchev–Trinajstić information content (AvgIpc) is 2.49. The number of aliphatic carboxylic acids is 1. The lowest BCUT2D eigenvalue weighted by Crippen LogP contribution is -2.49. The first kappa shape index (κ1) is 7.42. The lowest BCUT2D eigenvalue weighted by atomic mass is 9.99. The van der Waals surface area contributed by atoms with Gasteiger partial charge in [-0.2, -0.15) is 0 Å². The van der Waals surface area contributed by atoms with Crippen LogP contribution in [0.5, 0.6) is 0 Å². The Morgan fingerprint density at radius 1 is 1.75 bits per heavy atom. The van der Waals surface area contributed by atoms with Gasteiger partial charge in [0.05, 0.1) is 11.8 Å². The maximum Gasteiger partial charge on any atom is 0.320 e. The van der Waals surface area contributed by atoms with Crippen molar-refractivity contribution in [2.75, 3.05) is 6.54 Å². The van der Waals surface area contributed by atoms with Gasteiger partial charge in [0.1, 0.15) is 12.4 Å². The third-order valence-electron chi connectivity index (χ3n) is 2.14. The van der Waals surface area contributed by atoms with Crippen LogP contribution >= 0.6 is 0 Å². The smallest absolute Gasteiger partial charge is 0.320 e. The second-order valence-corrected chi connectivity index (χ2v) is 2.91. The van der Waals surface area contributed by atoms with Crippen molar-refractivity contribution in [3.05, 3.63) is 0 Å². The van der Waals surface area contributed by atoms with Crippen molar-refractivity contribution in [3.8, 4) is 0 Å². The van der Waals surface area contributed by atoms with Crippen LogP contribution in [0, 0.1) is 0 Å². The molecule has 2 rings (SSSR count). The predicted octanol–water partition coefficient (Wildman–Crippen LogP) is -0.716. The van der Waals surface area contributed by atoms with E-state index in [4.69, 9.17) is 5.11 Å². The Hall–Kier alpha value is -1.23. The number of fused-ring (bicyclic) bond motifs is 1. The van der Waals surface area contributed by atoms with E-state index in [1.807, 2.05) is 0 Å². The molecule has 0 aromatic carbocycles. The molecule has 2 aliphatic rings. The summed E-state index contributed by atoms with van der Waals surface area (Å²) in [6.07, 6.45) is 2.02. The van der Waals surface area contributed by atoms with Gasteiger partial charge in [-0.05, 0) is 0 Å². The fourth-order valence-electron chi connectivity index (χ4n) is 1.44. The zero-order chi connectivity index (χ0) is 8.55. The van der Waals surface area contributed by atoms with Crippen LogP contribution in [0.3, 0.4) is 0 Å². The zero-order valence-electron chi connectivity index (χ0n) is 6.40. The summed E-state index contributed by atoms with van der Waals surface area (Å²) in [7, 11) is 0. The molecule has 0 spiro atoms. The molecule has 2 aliphatic heterocycles. The number of hydrogen-bond acceptors (Lipinski definition) is 4. The van der Waals surface area contributed by atoms with E-state index in [-0.39, 0.29) is 6.04 Å². The molecule has 0 saturated carbocycles. The third-order valence-corrected chi connectivity index (χ3v) is 2.14. The summed E-state index contributed by atoms with van der Waals surface area (Å²) in [6.45, 7) is 0.543. The molecule has 0 aliphatic carbocycles. The van der Waals surface area contributed by atoms with E-state index in [1.54, 1.807) is 0 Å². The fraction of sp³-hybridized carbons (Fsp3) is 0.571. The van der Waals surface area contributed by atoms with E-state index in [1.165, 1.54) is 6.34 Å². The van der Waals surface area contributed by atoms with Crippen LogP contribution in [0.15, 0.2) is 9.98 Å². The van der Waals surface area contributed by atoms with Gasteiger partial charge in [-0.25, -0.2) is 4.99 Å². The highest BCUT2D eigenvalue weighted by Crippen LogP contribution is 2.13. The Bertz CT molecular complexity index is 272. The minimum absolute atomic E-state index is 0.00681. The molecule has 1 saturated heterocycles. The number of hydrogen-bond donors (Lipinski definition) is 2. The normalized spacial score (nSPS) is 32.8. The molecule has 1 fully saturated rings. The van der Waals surface area contributed by atoms with E-state index in [0.717, 1.165) is 5.71 Å². The maximum absolute atomic E-state index is 10.6. The van der Waals surface area contributed by atoms with Gasteiger partial charge in [0, 0.05) is 13.0 Å². The SMILES string of the molecule is O=C(O)C1CC2N=CN=C2CN1. The molecule has 2 atom stereocenters. The summed E-state index contributed by atoms with van der Waals surface area (Å²) in [4.78, 5) is 18.7. The Morgan fingerprint density at radius 3 is 3.33 bits per heavy atom. The first-order chi connectivity index (χ1) is 5.77. The highest BCUT2D eigenvalue weighted by Gasteiger charge is 2.31. The standard InChI is InChI=1S/C7H9N3O2/c11-7(12)5-1-4-6(2-8-5)10-3-9-4/h3-5,8H,1-2H2,(H,11,12). The van der Waals surface area contributed by atoms with Gasteiger partial charge in [0.25, 0.3) is 0 Å². The molecular weight excluding hydrogens is 158 g/mol. The van der Waals surface area contributed by atoms with E-state index in [9.17, 15) is 4.79 Å². The van der Waals surface area contributed by atoms with Crippen molar-refractivity contribution in [2.24, 2.45) is 9.98 Å². The van der Waals surface area contributed by atoms with Gasteiger partial charge in [0.2, 0.25) is 0 Å². The Labute approximate surface area is 69.2 Å². The molecular formula is C7H9N3O2. The molecule has 0 aromatic heterocycles. The van der Waals surface area contributed by atoms with E-state index in [2.05, 4.69) is 15.3 Å². The number of aliphatic imine (C=N–C) groups is 2. The number of carboxylic acid groups (broad SMARTS) is 1. The first-order valence-electron chi connectivity index (χ1n) is 3.82. The average molecular weight is 167 g/mol. The Kier molecular flexibility index (Phi) is 1.65. The predicted molar refractivity (Wildman–Crippen MR) is 43.8 cm³/mol.